The third kappa shape index (κ3) is 3.05. The van der Waals surface area contributed by atoms with Crippen LogP contribution in [0.4, 0.5) is 0 Å². The lowest BCUT2D eigenvalue weighted by Gasteiger charge is -2.16. The summed E-state index contributed by atoms with van der Waals surface area (Å²) in [5, 5.41) is 2.25. The molecule has 0 spiro atoms. The van der Waals surface area contributed by atoms with E-state index in [4.69, 9.17) is 22.1 Å². The van der Waals surface area contributed by atoms with Gasteiger partial charge in [0.05, 0.1) is 4.34 Å². The molecule has 4 heteroatoms. The van der Waals surface area contributed by atoms with E-state index in [2.05, 4.69) is 18.2 Å². The van der Waals surface area contributed by atoms with E-state index in [-0.39, 0.29) is 6.04 Å². The number of thiophene rings is 1. The first kappa shape index (κ1) is 14.4. The average molecular weight is 318 g/mol. The van der Waals surface area contributed by atoms with Gasteiger partial charge in [0, 0.05) is 21.9 Å². The van der Waals surface area contributed by atoms with Crippen molar-refractivity contribution in [3.8, 4) is 5.75 Å². The lowest BCUT2D eigenvalue weighted by Crippen LogP contribution is -2.08. The SMILES string of the molecule is C[C@H](N)c1ccc2ccccc2c1OCc1ccc(Cl)s1. The molecule has 0 amide bonds. The van der Waals surface area contributed by atoms with Crippen molar-refractivity contribution >= 4 is 33.7 Å². The van der Waals surface area contributed by atoms with E-state index >= 15 is 0 Å². The molecule has 0 saturated heterocycles. The van der Waals surface area contributed by atoms with E-state index < -0.39 is 0 Å². The van der Waals surface area contributed by atoms with E-state index in [0.29, 0.717) is 6.61 Å². The summed E-state index contributed by atoms with van der Waals surface area (Å²) in [5.41, 5.74) is 7.10. The molecule has 0 bridgehead atoms. The molecule has 1 heterocycles. The molecule has 0 saturated carbocycles. The highest BCUT2D eigenvalue weighted by Crippen LogP contribution is 2.34. The van der Waals surface area contributed by atoms with Crippen LogP contribution in [-0.2, 0) is 6.61 Å². The Morgan fingerprint density at radius 1 is 1.14 bits per heavy atom. The quantitative estimate of drug-likeness (QED) is 0.722. The van der Waals surface area contributed by atoms with E-state index in [1.165, 1.54) is 11.3 Å². The number of fused-ring (bicyclic) bond motifs is 1. The van der Waals surface area contributed by atoms with Gasteiger partial charge in [-0.05, 0) is 24.4 Å². The van der Waals surface area contributed by atoms with Crippen molar-refractivity contribution in [1.82, 2.24) is 0 Å². The predicted octanol–water partition coefficient (Wildman–Crippen LogP) is 5.15. The summed E-state index contributed by atoms with van der Waals surface area (Å²) < 4.78 is 6.86. The Hall–Kier alpha value is -1.55. The standard InChI is InChI=1S/C17H16ClNOS/c1-11(19)14-8-6-12-4-2-3-5-15(12)17(14)20-10-13-7-9-16(18)21-13/h2-9,11H,10,19H2,1H3/t11-/m0/s1. The summed E-state index contributed by atoms with van der Waals surface area (Å²) in [7, 11) is 0. The number of ether oxygens (including phenoxy) is 1. The van der Waals surface area contributed by atoms with Gasteiger partial charge in [0.25, 0.3) is 0 Å². The topological polar surface area (TPSA) is 35.2 Å². The summed E-state index contributed by atoms with van der Waals surface area (Å²) in [6, 6.07) is 16.1. The zero-order chi connectivity index (χ0) is 14.8. The molecule has 21 heavy (non-hydrogen) atoms. The van der Waals surface area contributed by atoms with Gasteiger partial charge in [0.2, 0.25) is 0 Å². The van der Waals surface area contributed by atoms with Crippen LogP contribution in [0.25, 0.3) is 10.8 Å². The van der Waals surface area contributed by atoms with Gasteiger partial charge in [-0.2, -0.15) is 0 Å². The number of benzene rings is 2. The second-order valence-electron chi connectivity index (χ2n) is 4.99. The maximum Gasteiger partial charge on any atom is 0.132 e. The smallest absolute Gasteiger partial charge is 0.132 e. The molecule has 2 nitrogen and oxygen atoms in total. The van der Waals surface area contributed by atoms with Crippen molar-refractivity contribution < 1.29 is 4.74 Å². The molecule has 0 radical (unpaired) electrons. The number of nitrogens with two attached hydrogens (primary N) is 1. The Morgan fingerprint density at radius 2 is 1.95 bits per heavy atom. The summed E-state index contributed by atoms with van der Waals surface area (Å²) in [5.74, 6) is 0.868. The molecule has 0 unspecified atom stereocenters. The van der Waals surface area contributed by atoms with Crippen LogP contribution in [0.3, 0.4) is 0 Å². The first-order valence-electron chi connectivity index (χ1n) is 6.79. The minimum atomic E-state index is -0.0727. The summed E-state index contributed by atoms with van der Waals surface area (Å²) in [6.07, 6.45) is 0. The van der Waals surface area contributed by atoms with Gasteiger partial charge >= 0.3 is 0 Å². The molecule has 3 aromatic rings. The zero-order valence-electron chi connectivity index (χ0n) is 11.7. The zero-order valence-corrected chi connectivity index (χ0v) is 13.2. The lowest BCUT2D eigenvalue weighted by atomic mass is 10.0. The first-order valence-corrected chi connectivity index (χ1v) is 7.99. The molecule has 2 aromatic carbocycles. The van der Waals surface area contributed by atoms with Gasteiger partial charge in [-0.25, -0.2) is 0 Å². The maximum atomic E-state index is 6.08. The molecule has 1 atom stereocenters. The number of hydrogen-bond acceptors (Lipinski definition) is 3. The molecular weight excluding hydrogens is 302 g/mol. The predicted molar refractivity (Wildman–Crippen MR) is 90.2 cm³/mol. The van der Waals surface area contributed by atoms with Crippen molar-refractivity contribution in [1.29, 1.82) is 0 Å². The van der Waals surface area contributed by atoms with Crippen molar-refractivity contribution in [3.63, 3.8) is 0 Å². The minimum absolute atomic E-state index is 0.0727. The van der Waals surface area contributed by atoms with Crippen LogP contribution in [0.15, 0.2) is 48.5 Å². The normalized spacial score (nSPS) is 12.5. The van der Waals surface area contributed by atoms with Crippen molar-refractivity contribution in [3.05, 3.63) is 63.3 Å². The fraction of sp³-hybridized carbons (Fsp3) is 0.176. The summed E-state index contributed by atoms with van der Waals surface area (Å²) in [6.45, 7) is 2.48. The van der Waals surface area contributed by atoms with Gasteiger partial charge in [-0.1, -0.05) is 48.0 Å². The summed E-state index contributed by atoms with van der Waals surface area (Å²) in [4.78, 5) is 1.10. The van der Waals surface area contributed by atoms with Gasteiger partial charge < -0.3 is 10.5 Å². The molecular formula is C17H16ClNOS. The number of halogens is 1. The molecule has 0 aliphatic carbocycles. The van der Waals surface area contributed by atoms with E-state index in [1.807, 2.05) is 37.3 Å². The van der Waals surface area contributed by atoms with Gasteiger partial charge in [-0.15, -0.1) is 11.3 Å². The fourth-order valence-corrected chi connectivity index (χ4v) is 3.35. The van der Waals surface area contributed by atoms with Crippen LogP contribution in [0.2, 0.25) is 4.34 Å². The van der Waals surface area contributed by atoms with Crippen molar-refractivity contribution in [2.45, 2.75) is 19.6 Å². The van der Waals surface area contributed by atoms with Crippen LogP contribution >= 0.6 is 22.9 Å². The van der Waals surface area contributed by atoms with Crippen LogP contribution < -0.4 is 10.5 Å². The fourth-order valence-electron chi connectivity index (χ4n) is 2.35. The van der Waals surface area contributed by atoms with Gasteiger partial charge in [0.1, 0.15) is 12.4 Å². The van der Waals surface area contributed by atoms with E-state index in [9.17, 15) is 0 Å². The molecule has 0 aliphatic heterocycles. The van der Waals surface area contributed by atoms with Gasteiger partial charge in [-0.3, -0.25) is 0 Å². The second kappa shape index (κ2) is 6.06. The Bertz CT molecular complexity index is 766. The van der Waals surface area contributed by atoms with Crippen LogP contribution in [0, 0.1) is 0 Å². The Balaban J connectivity index is 1.99. The molecule has 1 aromatic heterocycles. The van der Waals surface area contributed by atoms with Crippen molar-refractivity contribution in [2.75, 3.05) is 0 Å². The van der Waals surface area contributed by atoms with Gasteiger partial charge in [0.15, 0.2) is 0 Å². The first-order chi connectivity index (χ1) is 10.1. The van der Waals surface area contributed by atoms with Crippen molar-refractivity contribution in [2.24, 2.45) is 5.73 Å². The average Bonchev–Trinajstić information content (AvgIpc) is 2.90. The molecule has 3 rings (SSSR count). The lowest BCUT2D eigenvalue weighted by molar-refractivity contribution is 0.309. The summed E-state index contributed by atoms with van der Waals surface area (Å²) >= 11 is 7.50. The van der Waals surface area contributed by atoms with Crippen LogP contribution in [0.5, 0.6) is 5.75 Å². The molecule has 0 fully saturated rings. The van der Waals surface area contributed by atoms with Crippen LogP contribution in [-0.4, -0.2) is 0 Å². The maximum absolute atomic E-state index is 6.08. The minimum Gasteiger partial charge on any atom is -0.487 e. The highest BCUT2D eigenvalue weighted by Gasteiger charge is 2.12. The number of rotatable bonds is 4. The Labute approximate surface area is 133 Å². The van der Waals surface area contributed by atoms with E-state index in [0.717, 1.165) is 31.3 Å². The van der Waals surface area contributed by atoms with Crippen LogP contribution in [0.1, 0.15) is 23.4 Å². The van der Waals surface area contributed by atoms with E-state index in [1.54, 1.807) is 0 Å². The molecule has 2 N–H and O–H groups in total. The highest BCUT2D eigenvalue weighted by atomic mass is 35.5. The number of hydrogen-bond donors (Lipinski definition) is 1. The largest absolute Gasteiger partial charge is 0.487 e. The molecule has 0 aliphatic rings. The Morgan fingerprint density at radius 3 is 2.67 bits per heavy atom. The third-order valence-corrected chi connectivity index (χ3v) is 4.59. The Kier molecular flexibility index (Phi) is 4.15. The monoisotopic (exact) mass is 317 g/mol. The molecule has 108 valence electrons. The third-order valence-electron chi connectivity index (χ3n) is 3.39. The second-order valence-corrected chi connectivity index (χ2v) is 6.79. The highest BCUT2D eigenvalue weighted by molar-refractivity contribution is 7.16.